The first-order valence-electron chi connectivity index (χ1n) is 5.24. The Hall–Kier alpha value is -1.17. The molecule has 0 saturated carbocycles. The Morgan fingerprint density at radius 2 is 1.94 bits per heavy atom. The van der Waals surface area contributed by atoms with Gasteiger partial charge in [-0.25, -0.2) is 17.2 Å². The molecular weight excluding hydrogens is 248 g/mol. The van der Waals surface area contributed by atoms with Gasteiger partial charge >= 0.3 is 0 Å². The van der Waals surface area contributed by atoms with E-state index in [2.05, 4.69) is 5.32 Å². The number of anilines is 1. The van der Waals surface area contributed by atoms with E-state index in [0.29, 0.717) is 0 Å². The lowest BCUT2D eigenvalue weighted by Crippen LogP contribution is -2.23. The SMILES string of the molecule is CC(C)S(=O)(=O)CCNc1cccc(F)c1F. The zero-order valence-electron chi connectivity index (χ0n) is 9.70. The van der Waals surface area contributed by atoms with Gasteiger partial charge in [0.05, 0.1) is 16.7 Å². The van der Waals surface area contributed by atoms with E-state index in [9.17, 15) is 17.2 Å². The molecule has 17 heavy (non-hydrogen) atoms. The highest BCUT2D eigenvalue weighted by atomic mass is 32.2. The normalized spacial score (nSPS) is 11.8. The van der Waals surface area contributed by atoms with Crippen molar-refractivity contribution in [1.29, 1.82) is 0 Å². The van der Waals surface area contributed by atoms with Crippen LogP contribution in [0.5, 0.6) is 0 Å². The van der Waals surface area contributed by atoms with Crippen molar-refractivity contribution in [2.75, 3.05) is 17.6 Å². The minimum Gasteiger partial charge on any atom is -0.382 e. The van der Waals surface area contributed by atoms with Crippen molar-refractivity contribution in [3.05, 3.63) is 29.8 Å². The standard InChI is InChI=1S/C11H15F2NO2S/c1-8(2)17(15,16)7-6-14-10-5-3-4-9(12)11(10)13/h3-5,8,14H,6-7H2,1-2H3. The van der Waals surface area contributed by atoms with Gasteiger partial charge in [0, 0.05) is 6.54 Å². The summed E-state index contributed by atoms with van der Waals surface area (Å²) in [5.41, 5.74) is -0.0241. The summed E-state index contributed by atoms with van der Waals surface area (Å²) in [5.74, 6) is -2.06. The zero-order chi connectivity index (χ0) is 13.1. The Balaban J connectivity index is 2.61. The fraction of sp³-hybridized carbons (Fsp3) is 0.455. The van der Waals surface area contributed by atoms with Crippen molar-refractivity contribution in [2.45, 2.75) is 19.1 Å². The third-order valence-corrected chi connectivity index (χ3v) is 4.58. The summed E-state index contributed by atoms with van der Waals surface area (Å²) in [4.78, 5) is 0. The molecule has 1 N–H and O–H groups in total. The second-order valence-electron chi connectivity index (χ2n) is 3.94. The third-order valence-electron chi connectivity index (χ3n) is 2.37. The van der Waals surface area contributed by atoms with Crippen LogP contribution in [0.1, 0.15) is 13.8 Å². The van der Waals surface area contributed by atoms with Gasteiger partial charge in [0.2, 0.25) is 0 Å². The summed E-state index contributed by atoms with van der Waals surface area (Å²) in [5, 5.41) is 2.10. The summed E-state index contributed by atoms with van der Waals surface area (Å²) in [6.07, 6.45) is 0. The lowest BCUT2D eigenvalue weighted by atomic mass is 10.3. The Morgan fingerprint density at radius 1 is 1.29 bits per heavy atom. The number of hydrogen-bond donors (Lipinski definition) is 1. The van der Waals surface area contributed by atoms with Crippen LogP contribution in [-0.4, -0.2) is 26.0 Å². The van der Waals surface area contributed by atoms with E-state index < -0.39 is 26.7 Å². The van der Waals surface area contributed by atoms with Gasteiger partial charge in [-0.15, -0.1) is 0 Å². The van der Waals surface area contributed by atoms with Gasteiger partial charge in [-0.05, 0) is 26.0 Å². The molecule has 0 unspecified atom stereocenters. The molecule has 0 heterocycles. The van der Waals surface area contributed by atoms with E-state index in [1.165, 1.54) is 12.1 Å². The predicted octanol–water partition coefficient (Wildman–Crippen LogP) is 2.20. The van der Waals surface area contributed by atoms with Crippen LogP contribution >= 0.6 is 0 Å². The van der Waals surface area contributed by atoms with Crippen LogP contribution < -0.4 is 5.32 Å². The maximum absolute atomic E-state index is 13.2. The van der Waals surface area contributed by atoms with Gasteiger partial charge in [-0.3, -0.25) is 0 Å². The largest absolute Gasteiger partial charge is 0.382 e. The van der Waals surface area contributed by atoms with E-state index in [4.69, 9.17) is 0 Å². The van der Waals surface area contributed by atoms with Crippen LogP contribution in [0.3, 0.4) is 0 Å². The third kappa shape index (κ3) is 3.66. The molecule has 6 heteroatoms. The van der Waals surface area contributed by atoms with Crippen LogP contribution in [0.2, 0.25) is 0 Å². The van der Waals surface area contributed by atoms with E-state index >= 15 is 0 Å². The molecule has 1 aromatic carbocycles. The monoisotopic (exact) mass is 263 g/mol. The molecule has 0 aliphatic rings. The molecule has 0 bridgehead atoms. The maximum atomic E-state index is 13.2. The zero-order valence-corrected chi connectivity index (χ0v) is 10.5. The van der Waals surface area contributed by atoms with E-state index in [0.717, 1.165) is 6.07 Å². The molecule has 0 amide bonds. The van der Waals surface area contributed by atoms with Gasteiger partial charge in [-0.2, -0.15) is 0 Å². The van der Waals surface area contributed by atoms with Crippen molar-refractivity contribution in [2.24, 2.45) is 0 Å². The first-order chi connectivity index (χ1) is 7.84. The number of rotatable bonds is 5. The average Bonchev–Trinajstić information content (AvgIpc) is 2.24. The quantitative estimate of drug-likeness (QED) is 0.886. The van der Waals surface area contributed by atoms with Crippen molar-refractivity contribution < 1.29 is 17.2 Å². The molecule has 1 rings (SSSR count). The molecule has 0 aliphatic carbocycles. The summed E-state index contributed by atoms with van der Waals surface area (Å²) in [6, 6.07) is 3.73. The highest BCUT2D eigenvalue weighted by molar-refractivity contribution is 7.92. The van der Waals surface area contributed by atoms with E-state index in [1.807, 2.05) is 0 Å². The maximum Gasteiger partial charge on any atom is 0.181 e. The van der Waals surface area contributed by atoms with Crippen LogP contribution in [0.4, 0.5) is 14.5 Å². The first-order valence-corrected chi connectivity index (χ1v) is 6.95. The lowest BCUT2D eigenvalue weighted by Gasteiger charge is -2.10. The summed E-state index contributed by atoms with van der Waals surface area (Å²) < 4.78 is 49.0. The van der Waals surface area contributed by atoms with Crippen LogP contribution in [0.25, 0.3) is 0 Å². The van der Waals surface area contributed by atoms with E-state index in [-0.39, 0.29) is 18.0 Å². The van der Waals surface area contributed by atoms with Gasteiger partial charge in [-0.1, -0.05) is 6.07 Å². The minimum absolute atomic E-state index is 0.0241. The molecule has 0 spiro atoms. The lowest BCUT2D eigenvalue weighted by molar-refractivity contribution is 0.511. The molecule has 96 valence electrons. The van der Waals surface area contributed by atoms with Crippen LogP contribution in [0.15, 0.2) is 18.2 Å². The Kier molecular flexibility index (Phi) is 4.45. The van der Waals surface area contributed by atoms with Crippen molar-refractivity contribution in [1.82, 2.24) is 0 Å². The molecule has 0 fully saturated rings. The highest BCUT2D eigenvalue weighted by Crippen LogP contribution is 2.16. The number of hydrogen-bond acceptors (Lipinski definition) is 3. The molecule has 3 nitrogen and oxygen atoms in total. The Bertz CT molecular complexity index is 486. The second kappa shape index (κ2) is 5.44. The molecular formula is C11H15F2NO2S. The van der Waals surface area contributed by atoms with Gasteiger partial charge in [0.15, 0.2) is 21.5 Å². The average molecular weight is 263 g/mol. The fourth-order valence-electron chi connectivity index (χ4n) is 1.20. The molecule has 0 aliphatic heterocycles. The first kappa shape index (κ1) is 13.9. The smallest absolute Gasteiger partial charge is 0.181 e. The topological polar surface area (TPSA) is 46.2 Å². The minimum atomic E-state index is -3.17. The fourth-order valence-corrected chi connectivity index (χ4v) is 2.06. The summed E-state index contributed by atoms with van der Waals surface area (Å²) in [7, 11) is -3.17. The van der Waals surface area contributed by atoms with Crippen LogP contribution in [0, 0.1) is 11.6 Å². The summed E-state index contributed by atoms with van der Waals surface area (Å²) >= 11 is 0. The Morgan fingerprint density at radius 3 is 2.53 bits per heavy atom. The number of halogens is 2. The molecule has 0 atom stereocenters. The van der Waals surface area contributed by atoms with Crippen LogP contribution in [-0.2, 0) is 9.84 Å². The second-order valence-corrected chi connectivity index (χ2v) is 6.62. The van der Waals surface area contributed by atoms with Crippen molar-refractivity contribution >= 4 is 15.5 Å². The van der Waals surface area contributed by atoms with E-state index in [1.54, 1.807) is 13.8 Å². The van der Waals surface area contributed by atoms with Crippen molar-refractivity contribution in [3.63, 3.8) is 0 Å². The molecule has 0 radical (unpaired) electrons. The number of sulfone groups is 1. The van der Waals surface area contributed by atoms with Crippen molar-refractivity contribution in [3.8, 4) is 0 Å². The Labute approximate surface area is 99.8 Å². The number of nitrogens with one attached hydrogen (secondary N) is 1. The van der Waals surface area contributed by atoms with Gasteiger partial charge in [0.1, 0.15) is 0 Å². The predicted molar refractivity (Wildman–Crippen MR) is 63.8 cm³/mol. The van der Waals surface area contributed by atoms with Gasteiger partial charge in [0.25, 0.3) is 0 Å². The molecule has 0 saturated heterocycles. The summed E-state index contributed by atoms with van der Waals surface area (Å²) in [6.45, 7) is 3.22. The molecule has 0 aromatic heterocycles. The number of benzene rings is 1. The molecule has 1 aromatic rings. The van der Waals surface area contributed by atoms with Gasteiger partial charge < -0.3 is 5.32 Å². The highest BCUT2D eigenvalue weighted by Gasteiger charge is 2.15.